The molecule has 1 rings (SSSR count). The Kier molecular flexibility index (Phi) is 12.7. The minimum atomic E-state index is 0.0357. The van der Waals surface area contributed by atoms with Gasteiger partial charge in [0.05, 0.1) is 52.9 Å². The third-order valence-corrected chi connectivity index (χ3v) is 2.90. The van der Waals surface area contributed by atoms with Gasteiger partial charge >= 0.3 is 0 Å². The largest absolute Gasteiger partial charge is 0.491 e. The van der Waals surface area contributed by atoms with Crippen LogP contribution in [0.5, 0.6) is 5.75 Å². The molecule has 6 heteroatoms. The summed E-state index contributed by atoms with van der Waals surface area (Å²) in [7, 11) is 0. The summed E-state index contributed by atoms with van der Waals surface area (Å²) in [5.74, 6) is 3.15. The van der Waals surface area contributed by atoms with E-state index in [1.165, 1.54) is 0 Å². The first-order valence-corrected chi connectivity index (χ1v) is 7.94. The van der Waals surface area contributed by atoms with E-state index in [4.69, 9.17) is 35.2 Å². The molecular formula is C18H26O6. The van der Waals surface area contributed by atoms with Gasteiger partial charge in [-0.25, -0.2) is 0 Å². The van der Waals surface area contributed by atoms with E-state index in [2.05, 4.69) is 5.92 Å². The van der Waals surface area contributed by atoms with Crippen LogP contribution in [0.3, 0.4) is 0 Å². The van der Waals surface area contributed by atoms with Crippen molar-refractivity contribution in [3.8, 4) is 18.1 Å². The van der Waals surface area contributed by atoms with Crippen LogP contribution >= 0.6 is 0 Å². The molecule has 0 aliphatic rings. The quantitative estimate of drug-likeness (QED) is 0.384. The monoisotopic (exact) mass is 338 g/mol. The molecule has 0 spiro atoms. The van der Waals surface area contributed by atoms with Crippen LogP contribution in [0.1, 0.15) is 5.56 Å². The summed E-state index contributed by atoms with van der Waals surface area (Å²) >= 11 is 0. The number of aliphatic hydroxyl groups excluding tert-OH is 1. The van der Waals surface area contributed by atoms with Gasteiger partial charge in [-0.15, -0.1) is 6.42 Å². The molecule has 0 aliphatic carbocycles. The highest BCUT2D eigenvalue weighted by atomic mass is 16.6. The lowest BCUT2D eigenvalue weighted by Crippen LogP contribution is -2.13. The second-order valence-corrected chi connectivity index (χ2v) is 4.74. The number of rotatable bonds is 15. The van der Waals surface area contributed by atoms with E-state index in [1.807, 2.05) is 24.3 Å². The molecule has 0 aromatic heterocycles. The number of hydrogen-bond acceptors (Lipinski definition) is 6. The van der Waals surface area contributed by atoms with E-state index in [0.717, 1.165) is 11.3 Å². The van der Waals surface area contributed by atoms with Gasteiger partial charge in [0.2, 0.25) is 0 Å². The fourth-order valence-corrected chi connectivity index (χ4v) is 1.70. The number of hydrogen-bond donors (Lipinski definition) is 1. The Labute approximate surface area is 143 Å². The Morgan fingerprint density at radius 1 is 0.750 bits per heavy atom. The lowest BCUT2D eigenvalue weighted by Gasteiger charge is -2.08. The van der Waals surface area contributed by atoms with Crippen molar-refractivity contribution in [2.75, 3.05) is 59.5 Å². The lowest BCUT2D eigenvalue weighted by molar-refractivity contribution is -0.00187. The van der Waals surface area contributed by atoms with Crippen LogP contribution in [0.4, 0.5) is 0 Å². The molecule has 0 saturated heterocycles. The van der Waals surface area contributed by atoms with Crippen LogP contribution in [0.2, 0.25) is 0 Å². The third kappa shape index (κ3) is 11.0. The zero-order chi connectivity index (χ0) is 17.3. The maximum absolute atomic E-state index is 8.94. The second kappa shape index (κ2) is 14.9. The molecule has 0 radical (unpaired) electrons. The Bertz CT molecular complexity index is 440. The number of aliphatic hydroxyl groups is 1. The Hall–Kier alpha value is -1.62. The van der Waals surface area contributed by atoms with Crippen LogP contribution in [0, 0.1) is 12.3 Å². The third-order valence-electron chi connectivity index (χ3n) is 2.90. The van der Waals surface area contributed by atoms with E-state index in [0.29, 0.717) is 59.5 Å². The van der Waals surface area contributed by atoms with Gasteiger partial charge in [-0.1, -0.05) is 18.1 Å². The van der Waals surface area contributed by atoms with Crippen LogP contribution < -0.4 is 4.74 Å². The summed E-state index contributed by atoms with van der Waals surface area (Å²) in [5.41, 5.74) is 0.861. The molecule has 6 nitrogen and oxygen atoms in total. The maximum Gasteiger partial charge on any atom is 0.119 e. The molecule has 24 heavy (non-hydrogen) atoms. The molecule has 1 aromatic rings. The smallest absolute Gasteiger partial charge is 0.119 e. The molecular weight excluding hydrogens is 312 g/mol. The molecule has 0 atom stereocenters. The molecule has 1 N–H and O–H groups in total. The highest BCUT2D eigenvalue weighted by Crippen LogP contribution is 2.11. The van der Waals surface area contributed by atoms with Gasteiger partial charge < -0.3 is 28.8 Å². The van der Waals surface area contributed by atoms with E-state index >= 15 is 0 Å². The van der Waals surface area contributed by atoms with Crippen LogP contribution in [-0.2, 0) is 25.6 Å². The van der Waals surface area contributed by atoms with E-state index in [-0.39, 0.29) is 6.61 Å². The summed E-state index contributed by atoms with van der Waals surface area (Å²) in [5, 5.41) is 8.94. The Balaban J connectivity index is 1.81. The van der Waals surface area contributed by atoms with Crippen molar-refractivity contribution in [1.29, 1.82) is 0 Å². The minimum absolute atomic E-state index is 0.0357. The molecule has 0 unspecified atom stereocenters. The van der Waals surface area contributed by atoms with Gasteiger partial charge in [-0.05, 0) is 17.7 Å². The summed E-state index contributed by atoms with van der Waals surface area (Å²) in [4.78, 5) is 0. The molecule has 0 heterocycles. The highest BCUT2D eigenvalue weighted by molar-refractivity contribution is 5.26. The van der Waals surface area contributed by atoms with Crippen molar-refractivity contribution in [2.24, 2.45) is 0 Å². The van der Waals surface area contributed by atoms with E-state index in [9.17, 15) is 0 Å². The summed E-state index contributed by atoms with van der Waals surface area (Å²) < 4.78 is 26.6. The first-order valence-electron chi connectivity index (χ1n) is 7.94. The van der Waals surface area contributed by atoms with Gasteiger partial charge in [-0.3, -0.25) is 0 Å². The number of benzene rings is 1. The van der Waals surface area contributed by atoms with Crippen molar-refractivity contribution in [3.63, 3.8) is 0 Å². The molecule has 1 aromatic carbocycles. The average Bonchev–Trinajstić information content (AvgIpc) is 2.62. The predicted molar refractivity (Wildman–Crippen MR) is 90.0 cm³/mol. The molecule has 134 valence electrons. The Morgan fingerprint density at radius 2 is 1.25 bits per heavy atom. The normalized spacial score (nSPS) is 10.5. The molecule has 0 bridgehead atoms. The zero-order valence-corrected chi connectivity index (χ0v) is 13.9. The van der Waals surface area contributed by atoms with Crippen molar-refractivity contribution in [2.45, 2.75) is 6.61 Å². The topological polar surface area (TPSA) is 66.4 Å². The highest BCUT2D eigenvalue weighted by Gasteiger charge is 1.96. The first-order chi connectivity index (χ1) is 11.9. The van der Waals surface area contributed by atoms with Gasteiger partial charge in [0.1, 0.15) is 19.0 Å². The zero-order valence-electron chi connectivity index (χ0n) is 13.9. The SMILES string of the molecule is C#CCOCCOCCOCCOCCOc1ccc(CO)cc1. The van der Waals surface area contributed by atoms with Gasteiger partial charge in [0.25, 0.3) is 0 Å². The summed E-state index contributed by atoms with van der Waals surface area (Å²) in [6.07, 6.45) is 5.04. The molecule has 0 saturated carbocycles. The van der Waals surface area contributed by atoms with Crippen molar-refractivity contribution in [3.05, 3.63) is 29.8 Å². The fourth-order valence-electron chi connectivity index (χ4n) is 1.70. The standard InChI is InChI=1S/C18H26O6/c1-2-7-20-8-9-21-10-11-22-12-13-23-14-15-24-18-5-3-17(16-19)4-6-18/h1,3-6,19H,7-16H2. The second-order valence-electron chi connectivity index (χ2n) is 4.74. The Morgan fingerprint density at radius 3 is 1.75 bits per heavy atom. The van der Waals surface area contributed by atoms with Gasteiger partial charge in [-0.2, -0.15) is 0 Å². The van der Waals surface area contributed by atoms with Crippen molar-refractivity contribution >= 4 is 0 Å². The average molecular weight is 338 g/mol. The number of ether oxygens (including phenoxy) is 5. The molecule has 0 amide bonds. The summed E-state index contributed by atoms with van der Waals surface area (Å²) in [6.45, 7) is 4.39. The lowest BCUT2D eigenvalue weighted by atomic mass is 10.2. The first kappa shape index (κ1) is 20.4. The fraction of sp³-hybridized carbons (Fsp3) is 0.556. The number of terminal acetylenes is 1. The van der Waals surface area contributed by atoms with Crippen LogP contribution in [0.15, 0.2) is 24.3 Å². The van der Waals surface area contributed by atoms with Crippen molar-refractivity contribution in [1.82, 2.24) is 0 Å². The predicted octanol–water partition coefficient (Wildman–Crippen LogP) is 1.26. The van der Waals surface area contributed by atoms with Crippen molar-refractivity contribution < 1.29 is 28.8 Å². The molecule has 0 aliphatic heterocycles. The van der Waals surface area contributed by atoms with Gasteiger partial charge in [0.15, 0.2) is 0 Å². The van der Waals surface area contributed by atoms with E-state index < -0.39 is 0 Å². The maximum atomic E-state index is 8.94. The summed E-state index contributed by atoms with van der Waals surface area (Å²) in [6, 6.07) is 7.30. The van der Waals surface area contributed by atoms with Crippen LogP contribution in [-0.4, -0.2) is 64.6 Å². The van der Waals surface area contributed by atoms with Crippen LogP contribution in [0.25, 0.3) is 0 Å². The molecule has 0 fully saturated rings. The minimum Gasteiger partial charge on any atom is -0.491 e. The van der Waals surface area contributed by atoms with E-state index in [1.54, 1.807) is 0 Å². The van der Waals surface area contributed by atoms with Gasteiger partial charge in [0, 0.05) is 0 Å².